The number of carbonyl (C=O) groups is 4. The summed E-state index contributed by atoms with van der Waals surface area (Å²) in [5, 5.41) is 2.32. The second-order valence-corrected chi connectivity index (χ2v) is 19.0. The topological polar surface area (TPSA) is 183 Å². The van der Waals surface area contributed by atoms with Gasteiger partial charge in [0.25, 0.3) is 5.91 Å². The Morgan fingerprint density at radius 1 is 0.947 bits per heavy atom. The molecule has 8 rings (SSSR count). The number of hydrogen-bond donors (Lipinski definition) is 2. The zero-order chi connectivity index (χ0) is 39.7. The van der Waals surface area contributed by atoms with Gasteiger partial charge in [-0.05, 0) is 95.1 Å². The highest BCUT2D eigenvalue weighted by molar-refractivity contribution is 7.91. The number of methoxy groups -OCH3 is 1. The number of fused-ring (bicyclic) bond motifs is 6. The van der Waals surface area contributed by atoms with Crippen LogP contribution in [0.15, 0.2) is 30.4 Å². The third-order valence-electron chi connectivity index (χ3n) is 12.9. The maximum atomic E-state index is 14.8. The molecule has 3 amide bonds. The fourth-order valence-electron chi connectivity index (χ4n) is 9.36. The summed E-state index contributed by atoms with van der Waals surface area (Å²) in [6.45, 7) is 0.0447. The number of esters is 1. The molecule has 3 aliphatic carbocycles. The molecule has 6 aliphatic rings. The molecule has 0 radical (unpaired) electrons. The summed E-state index contributed by atoms with van der Waals surface area (Å²) in [6, 6.07) is 4.45. The van der Waals surface area contributed by atoms with Gasteiger partial charge in [0.2, 0.25) is 27.7 Å². The normalized spacial score (nSPS) is 32.2. The van der Waals surface area contributed by atoms with Crippen LogP contribution in [-0.2, 0) is 40.4 Å². The van der Waals surface area contributed by atoms with Crippen molar-refractivity contribution in [1.82, 2.24) is 24.9 Å². The fraction of sp³-hybridized carbons (Fsp3) is 0.667. The molecule has 3 saturated carbocycles. The van der Waals surface area contributed by atoms with Gasteiger partial charge in [0, 0.05) is 24.3 Å². The number of rotatable bonds is 4. The number of benzene rings is 1. The number of carbonyl (C=O) groups excluding carboxylic acids is 4. The van der Waals surface area contributed by atoms with Crippen molar-refractivity contribution in [2.45, 2.75) is 145 Å². The van der Waals surface area contributed by atoms with Gasteiger partial charge in [0.15, 0.2) is 0 Å². The average molecular weight is 806 g/mol. The largest absolute Gasteiger partial charge is 0.497 e. The first-order valence-corrected chi connectivity index (χ1v) is 22.6. The lowest BCUT2D eigenvalue weighted by Gasteiger charge is -2.29. The van der Waals surface area contributed by atoms with Crippen LogP contribution >= 0.6 is 0 Å². The van der Waals surface area contributed by atoms with Gasteiger partial charge in [-0.3, -0.25) is 23.9 Å². The summed E-state index contributed by atoms with van der Waals surface area (Å²) in [6.07, 6.45) is 15.0. The number of amides is 3. The van der Waals surface area contributed by atoms with E-state index in [4.69, 9.17) is 24.2 Å². The quantitative estimate of drug-likeness (QED) is 0.319. The van der Waals surface area contributed by atoms with Crippen molar-refractivity contribution in [1.29, 1.82) is 0 Å². The molecule has 7 atom stereocenters. The zero-order valence-electron chi connectivity index (χ0n) is 32.8. The summed E-state index contributed by atoms with van der Waals surface area (Å²) < 4.78 is 46.3. The number of nitrogens with zero attached hydrogens (tertiary/aromatic N) is 3. The summed E-state index contributed by atoms with van der Waals surface area (Å²) in [5.41, 5.74) is 0.504. The Labute approximate surface area is 334 Å². The summed E-state index contributed by atoms with van der Waals surface area (Å²) in [7, 11) is -2.30. The Morgan fingerprint density at radius 3 is 2.58 bits per heavy atom. The average Bonchev–Trinajstić information content (AvgIpc) is 4.08. The number of ether oxygens (including phenoxy) is 3. The second-order valence-electron chi connectivity index (χ2n) is 17.0. The van der Waals surface area contributed by atoms with Crippen LogP contribution in [0.4, 0.5) is 0 Å². The molecule has 308 valence electrons. The van der Waals surface area contributed by atoms with Crippen LogP contribution in [0.2, 0.25) is 0 Å². The Morgan fingerprint density at radius 2 is 1.75 bits per heavy atom. The van der Waals surface area contributed by atoms with Crippen LogP contribution in [0.25, 0.3) is 11.0 Å². The van der Waals surface area contributed by atoms with E-state index in [0.717, 1.165) is 64.2 Å². The first-order valence-electron chi connectivity index (χ1n) is 21.1. The van der Waals surface area contributed by atoms with Crippen LogP contribution in [0, 0.1) is 17.8 Å². The van der Waals surface area contributed by atoms with Crippen molar-refractivity contribution >= 4 is 44.7 Å². The number of allylic oxidation sites excluding steroid dienone is 1. The molecule has 1 unspecified atom stereocenters. The monoisotopic (exact) mass is 805 g/mol. The minimum Gasteiger partial charge on any atom is -0.497 e. The molecule has 57 heavy (non-hydrogen) atoms. The summed E-state index contributed by atoms with van der Waals surface area (Å²) in [4.78, 5) is 68.1. The molecule has 15 heteroatoms. The number of hydrogen-bond acceptors (Lipinski definition) is 11. The molecular weight excluding hydrogens is 751 g/mol. The van der Waals surface area contributed by atoms with Crippen LogP contribution in [-0.4, -0.2) is 89.7 Å². The maximum absolute atomic E-state index is 14.8. The van der Waals surface area contributed by atoms with Gasteiger partial charge in [-0.2, -0.15) is 0 Å². The van der Waals surface area contributed by atoms with Gasteiger partial charge in [-0.15, -0.1) is 0 Å². The fourth-order valence-corrected chi connectivity index (χ4v) is 10.7. The van der Waals surface area contributed by atoms with Crippen molar-refractivity contribution in [3.8, 4) is 11.6 Å². The minimum absolute atomic E-state index is 0.0447. The van der Waals surface area contributed by atoms with E-state index in [9.17, 15) is 27.6 Å². The lowest BCUT2D eigenvalue weighted by molar-refractivity contribution is -0.155. The van der Waals surface area contributed by atoms with E-state index in [1.165, 1.54) is 4.90 Å². The lowest BCUT2D eigenvalue weighted by Crippen LogP contribution is -2.57. The Hall–Kier alpha value is -4.27. The highest BCUT2D eigenvalue weighted by Crippen LogP contribution is 2.46. The van der Waals surface area contributed by atoms with Crippen molar-refractivity contribution in [3.63, 3.8) is 0 Å². The standard InChI is InChI=1S/C42H55N5O9S/c1-54-29-17-20-32-34(22-29)44-39-33(43-32)15-9-5-7-11-26-13-10-16-36(26)56-37(48)21-27-12-6-3-2-4-8-14-28-24-42(28,41(51)46-57(52,53)31-18-19-31)45-38(49)35-23-30(55-39)25-47(35)40(27)50/h8,14,17,20,22,26-28,30-31,35-36H,2-7,9-13,15-16,18-19,21,23-25H2,1H3,(H,45,49)(H,46,51)/b14-8-/t26?,27-,28-,30-,35+,36-,42-/m1/s1. The van der Waals surface area contributed by atoms with Crippen molar-refractivity contribution < 1.29 is 41.8 Å². The molecule has 14 nitrogen and oxygen atoms in total. The van der Waals surface area contributed by atoms with E-state index < -0.39 is 56.6 Å². The van der Waals surface area contributed by atoms with E-state index in [0.29, 0.717) is 60.5 Å². The molecule has 0 spiro atoms. The third-order valence-corrected chi connectivity index (χ3v) is 14.7. The first kappa shape index (κ1) is 39.6. The Balaban J connectivity index is 1.14. The van der Waals surface area contributed by atoms with E-state index in [1.807, 2.05) is 24.3 Å². The zero-order valence-corrected chi connectivity index (χ0v) is 33.6. The molecule has 1 aromatic heterocycles. The van der Waals surface area contributed by atoms with E-state index >= 15 is 0 Å². The molecule has 4 fully saturated rings. The van der Waals surface area contributed by atoms with Crippen LogP contribution < -0.4 is 19.5 Å². The highest BCUT2D eigenvalue weighted by Gasteiger charge is 2.62. The van der Waals surface area contributed by atoms with Gasteiger partial charge in [0.05, 0.1) is 36.4 Å². The van der Waals surface area contributed by atoms with Crippen molar-refractivity contribution in [2.24, 2.45) is 17.8 Å². The third kappa shape index (κ3) is 8.78. The van der Waals surface area contributed by atoms with Crippen LogP contribution in [0.5, 0.6) is 11.6 Å². The van der Waals surface area contributed by atoms with Crippen LogP contribution in [0.1, 0.15) is 115 Å². The molecule has 1 aromatic carbocycles. The minimum atomic E-state index is -3.88. The van der Waals surface area contributed by atoms with E-state index in [2.05, 4.69) is 10.0 Å². The molecule has 3 bridgehead atoms. The van der Waals surface area contributed by atoms with E-state index in [-0.39, 0.29) is 49.7 Å². The Kier molecular flexibility index (Phi) is 11.5. The predicted molar refractivity (Wildman–Crippen MR) is 209 cm³/mol. The molecular formula is C42H55N5O9S. The molecule has 2 N–H and O–H groups in total. The number of sulfonamides is 1. The van der Waals surface area contributed by atoms with Gasteiger partial charge in [-0.25, -0.2) is 18.4 Å². The highest BCUT2D eigenvalue weighted by atomic mass is 32.2. The van der Waals surface area contributed by atoms with E-state index in [1.54, 1.807) is 13.2 Å². The van der Waals surface area contributed by atoms with Crippen molar-refractivity contribution in [3.05, 3.63) is 36.0 Å². The maximum Gasteiger partial charge on any atom is 0.306 e. The van der Waals surface area contributed by atoms with Gasteiger partial charge in [0.1, 0.15) is 35.2 Å². The molecule has 1 saturated heterocycles. The second kappa shape index (κ2) is 16.5. The van der Waals surface area contributed by atoms with Gasteiger partial charge in [-0.1, -0.05) is 37.8 Å². The summed E-state index contributed by atoms with van der Waals surface area (Å²) in [5.74, 6) is -1.96. The number of nitrogens with one attached hydrogen (secondary N) is 2. The molecule has 4 heterocycles. The first-order chi connectivity index (χ1) is 27.5. The Bertz CT molecular complexity index is 2020. The van der Waals surface area contributed by atoms with Gasteiger partial charge < -0.3 is 24.4 Å². The molecule has 2 aromatic rings. The number of aryl methyl sites for hydroxylation is 1. The van der Waals surface area contributed by atoms with Gasteiger partial charge >= 0.3 is 5.97 Å². The smallest absolute Gasteiger partial charge is 0.306 e. The lowest BCUT2D eigenvalue weighted by atomic mass is 9.94. The summed E-state index contributed by atoms with van der Waals surface area (Å²) >= 11 is 0. The van der Waals surface area contributed by atoms with Crippen LogP contribution in [0.3, 0.4) is 0 Å². The SMILES string of the molecule is COc1ccc2nc3c(nc2c1)O[C@@H]1C[C@H]2C(=O)N[C@]4(C(=O)NS(=O)(=O)C5CC5)C[C@H]4/C=C\CCCCC[C@H](CC(=O)O[C@@H]4CCCC4CCCCC3)C(=O)N2C1. The molecule has 3 aliphatic heterocycles. The predicted octanol–water partition coefficient (Wildman–Crippen LogP) is 4.83. The van der Waals surface area contributed by atoms with Crippen molar-refractivity contribution in [2.75, 3.05) is 13.7 Å². The number of aromatic nitrogens is 2.